The third kappa shape index (κ3) is 5.02. The van der Waals surface area contributed by atoms with Crippen LogP contribution in [0.5, 0.6) is 0 Å². The van der Waals surface area contributed by atoms with Crippen LogP contribution >= 0.6 is 0 Å². The molecule has 0 aliphatic carbocycles. The number of halogens is 3. The van der Waals surface area contributed by atoms with Gasteiger partial charge in [0.2, 0.25) is 0 Å². The van der Waals surface area contributed by atoms with Crippen LogP contribution in [0.3, 0.4) is 0 Å². The molecule has 3 rings (SSSR count). The lowest BCUT2D eigenvalue weighted by atomic mass is 10.1. The molecule has 154 valence electrons. The van der Waals surface area contributed by atoms with Gasteiger partial charge < -0.3 is 10.6 Å². The average Bonchev–Trinajstić information content (AvgIpc) is 2.66. The Morgan fingerprint density at radius 1 is 0.867 bits per heavy atom. The summed E-state index contributed by atoms with van der Waals surface area (Å²) in [6.07, 6.45) is -4.66. The molecule has 5 nitrogen and oxygen atoms in total. The standard InChI is InChI=1S/C22H18F3N3O2/c1-13-10-14(2)26-19(11-13)28-20(29)15-6-5-7-16(12-15)27-21(30)17-8-3-4-9-18(17)22(23,24)25/h3-12H,1-2H3,(H,27,30)(H,26,28,29). The minimum absolute atomic E-state index is 0.193. The minimum Gasteiger partial charge on any atom is -0.322 e. The quantitative estimate of drug-likeness (QED) is 0.616. The third-order valence-electron chi connectivity index (χ3n) is 4.20. The number of anilines is 2. The molecule has 30 heavy (non-hydrogen) atoms. The highest BCUT2D eigenvalue weighted by Crippen LogP contribution is 2.32. The van der Waals surface area contributed by atoms with Crippen molar-refractivity contribution < 1.29 is 22.8 Å². The summed E-state index contributed by atoms with van der Waals surface area (Å²) in [6.45, 7) is 3.68. The average molecular weight is 413 g/mol. The van der Waals surface area contributed by atoms with Crippen molar-refractivity contribution in [3.63, 3.8) is 0 Å². The Morgan fingerprint density at radius 2 is 1.60 bits per heavy atom. The molecule has 2 N–H and O–H groups in total. The van der Waals surface area contributed by atoms with Gasteiger partial charge in [0.15, 0.2) is 0 Å². The van der Waals surface area contributed by atoms with E-state index in [1.807, 2.05) is 13.0 Å². The molecule has 1 aromatic heterocycles. The SMILES string of the molecule is Cc1cc(C)nc(NC(=O)c2cccc(NC(=O)c3ccccc3C(F)(F)F)c2)c1. The van der Waals surface area contributed by atoms with Crippen LogP contribution in [0.25, 0.3) is 0 Å². The number of benzene rings is 2. The smallest absolute Gasteiger partial charge is 0.322 e. The molecule has 0 aliphatic rings. The number of hydrogen-bond acceptors (Lipinski definition) is 3. The van der Waals surface area contributed by atoms with Crippen molar-refractivity contribution in [3.05, 3.63) is 88.6 Å². The van der Waals surface area contributed by atoms with Gasteiger partial charge in [-0.05, 0) is 61.9 Å². The first-order valence-corrected chi connectivity index (χ1v) is 8.98. The molecular weight excluding hydrogens is 395 g/mol. The lowest BCUT2D eigenvalue weighted by Crippen LogP contribution is -2.19. The highest BCUT2D eigenvalue weighted by molar-refractivity contribution is 6.07. The Balaban J connectivity index is 1.79. The van der Waals surface area contributed by atoms with E-state index in [-0.39, 0.29) is 11.3 Å². The Morgan fingerprint density at radius 3 is 2.30 bits per heavy atom. The summed E-state index contributed by atoms with van der Waals surface area (Å²) < 4.78 is 39.4. The molecule has 0 radical (unpaired) electrons. The zero-order valence-electron chi connectivity index (χ0n) is 16.2. The lowest BCUT2D eigenvalue weighted by molar-refractivity contribution is -0.137. The van der Waals surface area contributed by atoms with Gasteiger partial charge in [-0.25, -0.2) is 4.98 Å². The van der Waals surface area contributed by atoms with E-state index >= 15 is 0 Å². The Kier molecular flexibility index (Phi) is 5.86. The van der Waals surface area contributed by atoms with Crippen LogP contribution in [0, 0.1) is 13.8 Å². The van der Waals surface area contributed by atoms with Gasteiger partial charge in [0.25, 0.3) is 11.8 Å². The molecule has 0 unspecified atom stereocenters. The summed E-state index contributed by atoms with van der Waals surface area (Å²) in [7, 11) is 0. The molecule has 0 spiro atoms. The molecule has 0 bridgehead atoms. The monoisotopic (exact) mass is 413 g/mol. The molecule has 0 saturated carbocycles. The first kappa shape index (κ1) is 21.0. The van der Waals surface area contributed by atoms with Crippen molar-refractivity contribution in [1.29, 1.82) is 0 Å². The summed E-state index contributed by atoms with van der Waals surface area (Å²) in [6, 6.07) is 14.0. The number of rotatable bonds is 4. The summed E-state index contributed by atoms with van der Waals surface area (Å²) >= 11 is 0. The number of nitrogens with one attached hydrogen (secondary N) is 2. The van der Waals surface area contributed by atoms with Gasteiger partial charge in [-0.3, -0.25) is 9.59 Å². The molecule has 0 atom stereocenters. The number of nitrogens with zero attached hydrogens (tertiary/aromatic N) is 1. The maximum Gasteiger partial charge on any atom is 0.417 e. The van der Waals surface area contributed by atoms with Crippen LogP contribution in [0.2, 0.25) is 0 Å². The van der Waals surface area contributed by atoms with Crippen molar-refractivity contribution >= 4 is 23.3 Å². The summed E-state index contributed by atoms with van der Waals surface area (Å²) in [5.41, 5.74) is 0.559. The van der Waals surface area contributed by atoms with Crippen LogP contribution < -0.4 is 10.6 Å². The summed E-state index contributed by atoms with van der Waals surface area (Å²) in [5.74, 6) is -0.998. The third-order valence-corrected chi connectivity index (χ3v) is 4.20. The molecular formula is C22H18F3N3O2. The second kappa shape index (κ2) is 8.36. The Hall–Kier alpha value is -3.68. The van der Waals surface area contributed by atoms with Crippen molar-refractivity contribution in [3.8, 4) is 0 Å². The predicted octanol–water partition coefficient (Wildman–Crippen LogP) is 5.22. The lowest BCUT2D eigenvalue weighted by Gasteiger charge is -2.13. The second-order valence-corrected chi connectivity index (χ2v) is 6.70. The molecule has 2 aromatic carbocycles. The van der Waals surface area contributed by atoms with Crippen LogP contribution in [-0.2, 0) is 6.18 Å². The van der Waals surface area contributed by atoms with E-state index in [1.54, 1.807) is 13.0 Å². The Bertz CT molecular complexity index is 1090. The van der Waals surface area contributed by atoms with Gasteiger partial charge in [0.1, 0.15) is 5.82 Å². The maximum absolute atomic E-state index is 13.1. The first-order valence-electron chi connectivity index (χ1n) is 8.98. The highest BCUT2D eigenvalue weighted by atomic mass is 19.4. The van der Waals surface area contributed by atoms with E-state index in [1.165, 1.54) is 36.4 Å². The van der Waals surface area contributed by atoms with Crippen molar-refractivity contribution in [2.24, 2.45) is 0 Å². The fourth-order valence-electron chi connectivity index (χ4n) is 2.96. The normalized spacial score (nSPS) is 11.1. The molecule has 1 heterocycles. The zero-order chi connectivity index (χ0) is 21.9. The predicted molar refractivity (Wildman–Crippen MR) is 108 cm³/mol. The van der Waals surface area contributed by atoms with Gasteiger partial charge in [-0.1, -0.05) is 18.2 Å². The molecule has 0 saturated heterocycles. The minimum atomic E-state index is -4.66. The summed E-state index contributed by atoms with van der Waals surface area (Å²) in [5, 5.41) is 5.08. The van der Waals surface area contributed by atoms with Crippen molar-refractivity contribution in [1.82, 2.24) is 4.98 Å². The summed E-state index contributed by atoms with van der Waals surface area (Å²) in [4.78, 5) is 29.2. The van der Waals surface area contributed by atoms with Crippen LogP contribution in [0.4, 0.5) is 24.7 Å². The fraction of sp³-hybridized carbons (Fsp3) is 0.136. The van der Waals surface area contributed by atoms with Gasteiger partial charge in [-0.2, -0.15) is 13.2 Å². The number of aromatic nitrogens is 1. The number of carbonyl (C=O) groups is 2. The second-order valence-electron chi connectivity index (χ2n) is 6.70. The van der Waals surface area contributed by atoms with Crippen LogP contribution in [0.1, 0.15) is 37.5 Å². The van der Waals surface area contributed by atoms with E-state index in [2.05, 4.69) is 15.6 Å². The topological polar surface area (TPSA) is 71.1 Å². The number of hydrogen-bond donors (Lipinski definition) is 2. The van der Waals surface area contributed by atoms with Gasteiger partial charge in [-0.15, -0.1) is 0 Å². The number of alkyl halides is 3. The molecule has 8 heteroatoms. The van der Waals surface area contributed by atoms with E-state index in [0.29, 0.717) is 5.82 Å². The van der Waals surface area contributed by atoms with Gasteiger partial charge >= 0.3 is 6.18 Å². The van der Waals surface area contributed by atoms with E-state index < -0.39 is 29.1 Å². The largest absolute Gasteiger partial charge is 0.417 e. The van der Waals surface area contributed by atoms with Crippen LogP contribution in [-0.4, -0.2) is 16.8 Å². The van der Waals surface area contributed by atoms with Gasteiger partial charge in [0.05, 0.1) is 11.1 Å². The number of pyridine rings is 1. The van der Waals surface area contributed by atoms with E-state index in [9.17, 15) is 22.8 Å². The van der Waals surface area contributed by atoms with E-state index in [4.69, 9.17) is 0 Å². The molecule has 0 aliphatic heterocycles. The van der Waals surface area contributed by atoms with Crippen molar-refractivity contribution in [2.45, 2.75) is 20.0 Å². The van der Waals surface area contributed by atoms with Gasteiger partial charge in [0, 0.05) is 16.9 Å². The fourth-order valence-corrected chi connectivity index (χ4v) is 2.96. The highest BCUT2D eigenvalue weighted by Gasteiger charge is 2.34. The maximum atomic E-state index is 13.1. The number of carbonyl (C=O) groups excluding carboxylic acids is 2. The molecule has 3 aromatic rings. The first-order chi connectivity index (χ1) is 14.1. The molecule has 0 fully saturated rings. The Labute approximate surface area is 171 Å². The van der Waals surface area contributed by atoms with Crippen LogP contribution in [0.15, 0.2) is 60.7 Å². The molecule has 2 amide bonds. The van der Waals surface area contributed by atoms with Crippen molar-refractivity contribution in [2.75, 3.05) is 10.6 Å². The zero-order valence-corrected chi connectivity index (χ0v) is 16.2. The number of aryl methyl sites for hydroxylation is 2. The number of amides is 2. The van der Waals surface area contributed by atoms with E-state index in [0.717, 1.165) is 23.4 Å².